The highest BCUT2D eigenvalue weighted by atomic mass is 35.5. The van der Waals surface area contributed by atoms with Crippen molar-refractivity contribution in [2.75, 3.05) is 18.0 Å². The van der Waals surface area contributed by atoms with Crippen LogP contribution in [0.4, 0.5) is 5.69 Å². The van der Waals surface area contributed by atoms with Gasteiger partial charge in [-0.1, -0.05) is 38.3 Å². The summed E-state index contributed by atoms with van der Waals surface area (Å²) in [7, 11) is 0. The number of nitrogens with zero attached hydrogens (tertiary/aromatic N) is 1. The summed E-state index contributed by atoms with van der Waals surface area (Å²) >= 11 is 6.19. The van der Waals surface area contributed by atoms with Gasteiger partial charge in [0, 0.05) is 23.3 Å². The van der Waals surface area contributed by atoms with E-state index in [0.717, 1.165) is 23.9 Å². The van der Waals surface area contributed by atoms with Crippen LogP contribution in [0.2, 0.25) is 5.02 Å². The van der Waals surface area contributed by atoms with E-state index >= 15 is 0 Å². The molecule has 1 aliphatic rings. The van der Waals surface area contributed by atoms with Gasteiger partial charge in [0.05, 0.1) is 0 Å². The van der Waals surface area contributed by atoms with Gasteiger partial charge in [0.25, 0.3) is 0 Å². The quantitative estimate of drug-likeness (QED) is 0.795. The van der Waals surface area contributed by atoms with Crippen molar-refractivity contribution < 1.29 is 0 Å². The lowest BCUT2D eigenvalue weighted by Crippen LogP contribution is -2.35. The Balaban J connectivity index is 2.25. The molecule has 118 valence electrons. The summed E-state index contributed by atoms with van der Waals surface area (Å²) in [5, 5.41) is 0.817. The first kappa shape index (κ1) is 16.6. The molecule has 1 aliphatic carbocycles. The largest absolute Gasteiger partial charge is 0.368 e. The SMILES string of the molecule is CC(C)CCN(c1ccc(Cl)cc1CCN)C1CCCC1. The maximum Gasteiger partial charge on any atom is 0.0410 e. The number of anilines is 1. The molecule has 1 saturated carbocycles. The standard InChI is InChI=1S/C18H29ClN2/c1-14(2)10-12-21(17-5-3-4-6-17)18-8-7-16(19)13-15(18)9-11-20/h7-8,13-14,17H,3-6,9-12,20H2,1-2H3. The van der Waals surface area contributed by atoms with E-state index in [1.165, 1.54) is 43.4 Å². The summed E-state index contributed by atoms with van der Waals surface area (Å²) in [5.74, 6) is 0.735. The van der Waals surface area contributed by atoms with E-state index in [-0.39, 0.29) is 0 Å². The van der Waals surface area contributed by atoms with Crippen molar-refractivity contribution in [3.05, 3.63) is 28.8 Å². The second-order valence-electron chi connectivity index (χ2n) is 6.63. The number of hydrogen-bond acceptors (Lipinski definition) is 2. The van der Waals surface area contributed by atoms with E-state index < -0.39 is 0 Å². The van der Waals surface area contributed by atoms with Crippen LogP contribution in [0.3, 0.4) is 0 Å². The molecule has 2 rings (SSSR count). The fraction of sp³-hybridized carbons (Fsp3) is 0.667. The molecule has 3 heteroatoms. The van der Waals surface area contributed by atoms with Crippen molar-refractivity contribution in [3.8, 4) is 0 Å². The van der Waals surface area contributed by atoms with Crippen molar-refractivity contribution in [2.45, 2.75) is 58.4 Å². The summed E-state index contributed by atoms with van der Waals surface area (Å²) in [6, 6.07) is 7.02. The minimum absolute atomic E-state index is 0.677. The van der Waals surface area contributed by atoms with Crippen LogP contribution in [0.5, 0.6) is 0 Å². The van der Waals surface area contributed by atoms with Crippen LogP contribution < -0.4 is 10.6 Å². The fourth-order valence-electron chi connectivity index (χ4n) is 3.30. The molecule has 0 aliphatic heterocycles. The molecule has 2 nitrogen and oxygen atoms in total. The van der Waals surface area contributed by atoms with E-state index in [9.17, 15) is 0 Å². The molecule has 1 aromatic rings. The second-order valence-corrected chi connectivity index (χ2v) is 7.06. The van der Waals surface area contributed by atoms with Crippen LogP contribution in [0.15, 0.2) is 18.2 Å². The summed E-state index contributed by atoms with van der Waals surface area (Å²) in [6.45, 7) is 6.42. The molecule has 0 heterocycles. The smallest absolute Gasteiger partial charge is 0.0410 e. The molecule has 0 aromatic heterocycles. The Morgan fingerprint density at radius 1 is 1.29 bits per heavy atom. The summed E-state index contributed by atoms with van der Waals surface area (Å²) < 4.78 is 0. The number of rotatable bonds is 7. The van der Waals surface area contributed by atoms with Gasteiger partial charge in [-0.2, -0.15) is 0 Å². The highest BCUT2D eigenvalue weighted by Crippen LogP contribution is 2.32. The van der Waals surface area contributed by atoms with Gasteiger partial charge in [0.2, 0.25) is 0 Å². The van der Waals surface area contributed by atoms with Gasteiger partial charge in [-0.3, -0.25) is 0 Å². The first-order chi connectivity index (χ1) is 10.1. The molecule has 0 saturated heterocycles. The molecule has 2 N–H and O–H groups in total. The second kappa shape index (κ2) is 8.05. The Morgan fingerprint density at radius 3 is 2.62 bits per heavy atom. The van der Waals surface area contributed by atoms with E-state index in [0.29, 0.717) is 12.6 Å². The van der Waals surface area contributed by atoms with Crippen LogP contribution in [-0.4, -0.2) is 19.1 Å². The minimum Gasteiger partial charge on any atom is -0.368 e. The maximum atomic E-state index is 6.19. The molecule has 0 radical (unpaired) electrons. The third kappa shape index (κ3) is 4.62. The molecule has 21 heavy (non-hydrogen) atoms. The highest BCUT2D eigenvalue weighted by molar-refractivity contribution is 6.30. The van der Waals surface area contributed by atoms with Gasteiger partial charge < -0.3 is 10.6 Å². The maximum absolute atomic E-state index is 6.19. The zero-order valence-corrected chi connectivity index (χ0v) is 14.2. The predicted octanol–water partition coefficient (Wildman–Crippen LogP) is 4.64. The average Bonchev–Trinajstić information content (AvgIpc) is 2.95. The minimum atomic E-state index is 0.677. The van der Waals surface area contributed by atoms with Crippen LogP contribution >= 0.6 is 11.6 Å². The first-order valence-electron chi connectivity index (χ1n) is 8.37. The third-order valence-electron chi connectivity index (χ3n) is 4.48. The monoisotopic (exact) mass is 308 g/mol. The summed E-state index contributed by atoms with van der Waals surface area (Å²) in [6.07, 6.45) is 7.51. The normalized spacial score (nSPS) is 15.9. The zero-order chi connectivity index (χ0) is 15.2. The Kier molecular flexibility index (Phi) is 6.38. The first-order valence-corrected chi connectivity index (χ1v) is 8.74. The van der Waals surface area contributed by atoms with Gasteiger partial charge in [-0.05, 0) is 61.9 Å². The molecule has 0 spiro atoms. The molecular formula is C18H29ClN2. The van der Waals surface area contributed by atoms with Crippen molar-refractivity contribution in [1.82, 2.24) is 0 Å². The van der Waals surface area contributed by atoms with Crippen molar-refractivity contribution >= 4 is 17.3 Å². The summed E-state index contributed by atoms with van der Waals surface area (Å²) in [5.41, 5.74) is 8.46. The van der Waals surface area contributed by atoms with E-state index in [1.54, 1.807) is 0 Å². The lowest BCUT2D eigenvalue weighted by atomic mass is 10.0. The number of halogens is 1. The number of hydrogen-bond donors (Lipinski definition) is 1. The van der Waals surface area contributed by atoms with Gasteiger partial charge in [-0.25, -0.2) is 0 Å². The van der Waals surface area contributed by atoms with Gasteiger partial charge in [-0.15, -0.1) is 0 Å². The topological polar surface area (TPSA) is 29.3 Å². The van der Waals surface area contributed by atoms with E-state index in [4.69, 9.17) is 17.3 Å². The van der Waals surface area contributed by atoms with Crippen LogP contribution in [-0.2, 0) is 6.42 Å². The molecule has 1 aromatic carbocycles. The van der Waals surface area contributed by atoms with Crippen LogP contribution in [0.1, 0.15) is 51.5 Å². The summed E-state index contributed by atoms with van der Waals surface area (Å²) in [4.78, 5) is 2.63. The molecule has 0 atom stereocenters. The Labute approximate surface area is 134 Å². The lowest BCUT2D eigenvalue weighted by Gasteiger charge is -2.33. The molecule has 1 fully saturated rings. The molecule has 0 amide bonds. The van der Waals surface area contributed by atoms with E-state index in [2.05, 4.69) is 30.9 Å². The van der Waals surface area contributed by atoms with E-state index in [1.807, 2.05) is 6.07 Å². The highest BCUT2D eigenvalue weighted by Gasteiger charge is 2.24. The van der Waals surface area contributed by atoms with Crippen molar-refractivity contribution in [1.29, 1.82) is 0 Å². The number of benzene rings is 1. The van der Waals surface area contributed by atoms with Crippen molar-refractivity contribution in [2.24, 2.45) is 11.7 Å². The lowest BCUT2D eigenvalue weighted by molar-refractivity contribution is 0.527. The fourth-order valence-corrected chi connectivity index (χ4v) is 3.50. The van der Waals surface area contributed by atoms with Crippen LogP contribution in [0.25, 0.3) is 0 Å². The van der Waals surface area contributed by atoms with Gasteiger partial charge >= 0.3 is 0 Å². The Bertz CT molecular complexity index is 439. The van der Waals surface area contributed by atoms with Crippen LogP contribution in [0, 0.1) is 5.92 Å². The zero-order valence-electron chi connectivity index (χ0n) is 13.4. The number of nitrogens with two attached hydrogens (primary N) is 1. The third-order valence-corrected chi connectivity index (χ3v) is 4.71. The average molecular weight is 309 g/mol. The molecular weight excluding hydrogens is 280 g/mol. The predicted molar refractivity (Wildman–Crippen MR) is 93.3 cm³/mol. The van der Waals surface area contributed by atoms with Crippen molar-refractivity contribution in [3.63, 3.8) is 0 Å². The van der Waals surface area contributed by atoms with Gasteiger partial charge in [0.15, 0.2) is 0 Å². The molecule has 0 bridgehead atoms. The Hall–Kier alpha value is -0.730. The molecule has 0 unspecified atom stereocenters. The van der Waals surface area contributed by atoms with Gasteiger partial charge in [0.1, 0.15) is 0 Å². The Morgan fingerprint density at radius 2 is 2.00 bits per heavy atom.